The minimum Gasteiger partial charge on any atom is -0.313 e. The molecule has 0 saturated heterocycles. The van der Waals surface area contributed by atoms with Crippen molar-refractivity contribution in [3.63, 3.8) is 0 Å². The molecule has 0 spiro atoms. The van der Waals surface area contributed by atoms with Crippen molar-refractivity contribution in [2.45, 2.75) is 38.6 Å². The summed E-state index contributed by atoms with van der Waals surface area (Å²) in [5.74, 6) is 0.966. The SMILES string of the molecule is c1csc(-c2[nH]ncc2CNCCC2CCCC2)c1. The number of aromatic amines is 1. The van der Waals surface area contributed by atoms with E-state index in [2.05, 4.69) is 33.0 Å². The van der Waals surface area contributed by atoms with E-state index in [0.29, 0.717) is 0 Å². The van der Waals surface area contributed by atoms with Gasteiger partial charge >= 0.3 is 0 Å². The third-order valence-electron chi connectivity index (χ3n) is 4.00. The van der Waals surface area contributed by atoms with Crippen molar-refractivity contribution in [1.29, 1.82) is 0 Å². The molecule has 0 aromatic carbocycles. The number of hydrogen-bond acceptors (Lipinski definition) is 3. The number of nitrogens with zero attached hydrogens (tertiary/aromatic N) is 1. The maximum absolute atomic E-state index is 4.18. The first-order valence-electron chi connectivity index (χ1n) is 7.20. The number of H-pyrrole nitrogens is 1. The fourth-order valence-corrected chi connectivity index (χ4v) is 3.66. The van der Waals surface area contributed by atoms with Gasteiger partial charge in [-0.25, -0.2) is 0 Å². The fraction of sp³-hybridized carbons (Fsp3) is 0.533. The molecule has 0 aliphatic heterocycles. The van der Waals surface area contributed by atoms with Crippen molar-refractivity contribution in [2.75, 3.05) is 6.54 Å². The fourth-order valence-electron chi connectivity index (χ4n) is 2.91. The van der Waals surface area contributed by atoms with Gasteiger partial charge in [0.1, 0.15) is 0 Å². The van der Waals surface area contributed by atoms with Crippen molar-refractivity contribution < 1.29 is 0 Å². The van der Waals surface area contributed by atoms with Crippen LogP contribution in [0.1, 0.15) is 37.7 Å². The van der Waals surface area contributed by atoms with Crippen molar-refractivity contribution in [2.24, 2.45) is 5.92 Å². The van der Waals surface area contributed by atoms with Gasteiger partial charge in [0, 0.05) is 12.1 Å². The van der Waals surface area contributed by atoms with Crippen molar-refractivity contribution in [3.8, 4) is 10.6 Å². The van der Waals surface area contributed by atoms with Gasteiger partial charge in [0.25, 0.3) is 0 Å². The number of thiophene rings is 1. The number of hydrogen-bond donors (Lipinski definition) is 2. The highest BCUT2D eigenvalue weighted by Gasteiger charge is 2.14. The summed E-state index contributed by atoms with van der Waals surface area (Å²) < 4.78 is 0. The zero-order chi connectivity index (χ0) is 12.9. The van der Waals surface area contributed by atoms with Crippen LogP contribution in [0.2, 0.25) is 0 Å². The van der Waals surface area contributed by atoms with Crippen LogP contribution in [0, 0.1) is 5.92 Å². The molecule has 1 aliphatic carbocycles. The third-order valence-corrected chi connectivity index (χ3v) is 4.89. The molecule has 2 aromatic heterocycles. The molecule has 1 saturated carbocycles. The molecular formula is C15H21N3S. The lowest BCUT2D eigenvalue weighted by Crippen LogP contribution is -2.17. The molecule has 1 aliphatic rings. The molecule has 1 fully saturated rings. The molecule has 3 nitrogen and oxygen atoms in total. The monoisotopic (exact) mass is 275 g/mol. The smallest absolute Gasteiger partial charge is 0.0794 e. The summed E-state index contributed by atoms with van der Waals surface area (Å²) in [5, 5.41) is 13.0. The average molecular weight is 275 g/mol. The van der Waals surface area contributed by atoms with Crippen LogP contribution >= 0.6 is 11.3 Å². The zero-order valence-corrected chi connectivity index (χ0v) is 12.0. The van der Waals surface area contributed by atoms with Crippen molar-refractivity contribution in [1.82, 2.24) is 15.5 Å². The summed E-state index contributed by atoms with van der Waals surface area (Å²) in [4.78, 5) is 1.27. The molecule has 0 atom stereocenters. The molecular weight excluding hydrogens is 254 g/mol. The first kappa shape index (κ1) is 12.9. The Bertz CT molecular complexity index is 483. The largest absolute Gasteiger partial charge is 0.313 e. The Morgan fingerprint density at radius 1 is 1.37 bits per heavy atom. The van der Waals surface area contributed by atoms with Gasteiger partial charge in [0.2, 0.25) is 0 Å². The second kappa shape index (κ2) is 6.35. The lowest BCUT2D eigenvalue weighted by molar-refractivity contribution is 0.477. The Morgan fingerprint density at radius 2 is 2.26 bits per heavy atom. The highest BCUT2D eigenvalue weighted by atomic mass is 32.1. The molecule has 19 heavy (non-hydrogen) atoms. The Balaban J connectivity index is 1.49. The Hall–Kier alpha value is -1.13. The minimum absolute atomic E-state index is 0.913. The minimum atomic E-state index is 0.913. The molecule has 102 valence electrons. The van der Waals surface area contributed by atoms with Crippen LogP contribution in [0.5, 0.6) is 0 Å². The topological polar surface area (TPSA) is 40.7 Å². The molecule has 2 N–H and O–H groups in total. The predicted octanol–water partition coefficient (Wildman–Crippen LogP) is 3.81. The van der Waals surface area contributed by atoms with Gasteiger partial charge in [0.05, 0.1) is 16.8 Å². The summed E-state index contributed by atoms with van der Waals surface area (Å²) in [6.45, 7) is 2.04. The normalized spacial score (nSPS) is 16.2. The van der Waals surface area contributed by atoms with Gasteiger partial charge < -0.3 is 5.32 Å². The number of aromatic nitrogens is 2. The summed E-state index contributed by atoms with van der Waals surface area (Å²) in [6, 6.07) is 4.22. The molecule has 3 rings (SSSR count). The van der Waals surface area contributed by atoms with Crippen molar-refractivity contribution in [3.05, 3.63) is 29.3 Å². The molecule has 0 unspecified atom stereocenters. The van der Waals surface area contributed by atoms with Gasteiger partial charge in [0.15, 0.2) is 0 Å². The maximum atomic E-state index is 4.18. The van der Waals surface area contributed by atoms with Crippen LogP contribution in [0.4, 0.5) is 0 Å². The summed E-state index contributed by atoms with van der Waals surface area (Å²) in [5.41, 5.74) is 2.44. The zero-order valence-electron chi connectivity index (χ0n) is 11.2. The Labute approximate surface area is 118 Å². The maximum Gasteiger partial charge on any atom is 0.0794 e. The van der Waals surface area contributed by atoms with E-state index in [9.17, 15) is 0 Å². The van der Waals surface area contributed by atoms with Gasteiger partial charge in [-0.15, -0.1) is 11.3 Å². The molecule has 0 bridgehead atoms. The second-order valence-electron chi connectivity index (χ2n) is 5.36. The third kappa shape index (κ3) is 3.25. The van der Waals surface area contributed by atoms with Gasteiger partial charge in [-0.1, -0.05) is 31.7 Å². The van der Waals surface area contributed by atoms with E-state index in [4.69, 9.17) is 0 Å². The first-order valence-corrected chi connectivity index (χ1v) is 8.08. The standard InChI is InChI=1S/C15H21N3S/c1-2-5-12(4-1)7-8-16-10-13-11-17-18-15(13)14-6-3-9-19-14/h3,6,9,11-12,16H,1-2,4-5,7-8,10H2,(H,17,18). The predicted molar refractivity (Wildman–Crippen MR) is 80.2 cm³/mol. The van der Waals surface area contributed by atoms with Gasteiger partial charge in [-0.05, 0) is 30.3 Å². The van der Waals surface area contributed by atoms with E-state index in [1.807, 2.05) is 6.20 Å². The number of nitrogens with one attached hydrogen (secondary N) is 2. The van der Waals surface area contributed by atoms with E-state index in [0.717, 1.165) is 19.0 Å². The summed E-state index contributed by atoms with van der Waals surface area (Å²) in [7, 11) is 0. The molecule has 4 heteroatoms. The molecule has 0 amide bonds. The lowest BCUT2D eigenvalue weighted by Gasteiger charge is -2.09. The van der Waals surface area contributed by atoms with Crippen LogP contribution in [0.25, 0.3) is 10.6 Å². The highest BCUT2D eigenvalue weighted by molar-refractivity contribution is 7.13. The Morgan fingerprint density at radius 3 is 3.05 bits per heavy atom. The van der Waals surface area contributed by atoms with E-state index < -0.39 is 0 Å². The van der Waals surface area contributed by atoms with Crippen LogP contribution in [0.3, 0.4) is 0 Å². The summed E-state index contributed by atoms with van der Waals surface area (Å²) >= 11 is 1.76. The Kier molecular flexibility index (Phi) is 4.30. The molecule has 0 radical (unpaired) electrons. The number of rotatable bonds is 6. The van der Waals surface area contributed by atoms with Crippen LogP contribution in [-0.2, 0) is 6.54 Å². The lowest BCUT2D eigenvalue weighted by atomic mass is 10.0. The van der Waals surface area contributed by atoms with E-state index in [1.54, 1.807) is 11.3 Å². The van der Waals surface area contributed by atoms with Crippen LogP contribution in [-0.4, -0.2) is 16.7 Å². The van der Waals surface area contributed by atoms with Crippen LogP contribution < -0.4 is 5.32 Å². The van der Waals surface area contributed by atoms with Gasteiger partial charge in [-0.2, -0.15) is 5.10 Å². The van der Waals surface area contributed by atoms with E-state index in [1.165, 1.54) is 48.2 Å². The average Bonchev–Trinajstić information content (AvgIpc) is 3.15. The molecule has 2 heterocycles. The van der Waals surface area contributed by atoms with Gasteiger partial charge in [-0.3, -0.25) is 5.10 Å². The van der Waals surface area contributed by atoms with Crippen LogP contribution in [0.15, 0.2) is 23.7 Å². The van der Waals surface area contributed by atoms with E-state index >= 15 is 0 Å². The first-order chi connectivity index (χ1) is 9.43. The van der Waals surface area contributed by atoms with E-state index in [-0.39, 0.29) is 0 Å². The quantitative estimate of drug-likeness (QED) is 0.787. The molecule has 2 aromatic rings. The van der Waals surface area contributed by atoms with Crippen molar-refractivity contribution >= 4 is 11.3 Å². The second-order valence-corrected chi connectivity index (χ2v) is 6.31. The highest BCUT2D eigenvalue weighted by Crippen LogP contribution is 2.27. The summed E-state index contributed by atoms with van der Waals surface area (Å²) in [6.07, 6.45) is 9.02.